The summed E-state index contributed by atoms with van der Waals surface area (Å²) in [5, 5.41) is 0.610. The van der Waals surface area contributed by atoms with E-state index in [0.717, 1.165) is 34.9 Å². The number of carbonyl (C=O) groups excluding carboxylic acids is 1. The van der Waals surface area contributed by atoms with E-state index in [9.17, 15) is 13.6 Å². The van der Waals surface area contributed by atoms with E-state index in [0.29, 0.717) is 34.9 Å². The second kappa shape index (κ2) is 13.8. The van der Waals surface area contributed by atoms with Crippen molar-refractivity contribution in [3.63, 3.8) is 0 Å². The van der Waals surface area contributed by atoms with Crippen LogP contribution in [0.5, 0.6) is 5.75 Å². The maximum atomic E-state index is 13.7. The maximum absolute atomic E-state index is 13.7. The van der Waals surface area contributed by atoms with Gasteiger partial charge in [-0.25, -0.2) is 0 Å². The number of ether oxygens (including phenoxy) is 1. The maximum Gasteiger partial charge on any atom is 0.305 e. The van der Waals surface area contributed by atoms with E-state index < -0.39 is 5.92 Å². The highest BCUT2D eigenvalue weighted by Gasteiger charge is 2.34. The van der Waals surface area contributed by atoms with E-state index >= 15 is 0 Å². The van der Waals surface area contributed by atoms with Gasteiger partial charge >= 0.3 is 5.92 Å². The number of rotatable bonds is 9. The number of alkyl halides is 2. The first-order valence-corrected chi connectivity index (χ1v) is 14.2. The fourth-order valence-electron chi connectivity index (χ4n) is 4.85. The highest BCUT2D eigenvalue weighted by molar-refractivity contribution is 6.30. The molecule has 2 atom stereocenters. The van der Waals surface area contributed by atoms with Gasteiger partial charge in [-0.05, 0) is 80.1 Å². The van der Waals surface area contributed by atoms with Crippen LogP contribution >= 0.6 is 11.6 Å². The number of hydrogen-bond acceptors (Lipinski definition) is 2. The van der Waals surface area contributed by atoms with Crippen molar-refractivity contribution in [2.75, 3.05) is 6.61 Å². The smallest absolute Gasteiger partial charge is 0.305 e. The van der Waals surface area contributed by atoms with E-state index in [1.54, 1.807) is 19.1 Å². The van der Waals surface area contributed by atoms with Crippen LogP contribution in [0, 0.1) is 18.8 Å². The van der Waals surface area contributed by atoms with Crippen LogP contribution in [-0.4, -0.2) is 23.3 Å². The first kappa shape index (κ1) is 31.9. The zero-order chi connectivity index (χ0) is 30.3. The van der Waals surface area contributed by atoms with E-state index in [4.69, 9.17) is 16.3 Å². The minimum atomic E-state index is -3.11. The Morgan fingerprint density at radius 1 is 1.00 bits per heavy atom. The number of benzene rings is 3. The molecule has 0 heterocycles. The predicted octanol–water partition coefficient (Wildman–Crippen LogP) is 9.59. The first-order valence-electron chi connectivity index (χ1n) is 13.9. The van der Waals surface area contributed by atoms with Crippen LogP contribution in [0.2, 0.25) is 5.02 Å². The van der Waals surface area contributed by atoms with Gasteiger partial charge in [0.2, 0.25) is 5.91 Å². The molecule has 3 rings (SSSR count). The van der Waals surface area contributed by atoms with Crippen molar-refractivity contribution in [3.05, 3.63) is 105 Å². The summed E-state index contributed by atoms with van der Waals surface area (Å²) in [6.07, 6.45) is 0.681. The van der Waals surface area contributed by atoms with Gasteiger partial charge in [0.15, 0.2) is 0 Å². The monoisotopic (exact) mass is 577 g/mol. The van der Waals surface area contributed by atoms with Crippen LogP contribution in [0.15, 0.2) is 72.3 Å². The molecule has 0 aliphatic heterocycles. The number of carbonyl (C=O) groups is 1. The van der Waals surface area contributed by atoms with Gasteiger partial charge < -0.3 is 9.64 Å². The molecule has 0 aliphatic carbocycles. The van der Waals surface area contributed by atoms with Crippen molar-refractivity contribution in [1.29, 1.82) is 0 Å². The molecule has 3 nitrogen and oxygen atoms in total. The number of nitrogens with zero attached hydrogens (tertiary/aromatic N) is 1. The van der Waals surface area contributed by atoms with Gasteiger partial charge in [0.1, 0.15) is 5.75 Å². The topological polar surface area (TPSA) is 29.5 Å². The Balaban J connectivity index is 2.30. The van der Waals surface area contributed by atoms with Crippen LogP contribution in [0.3, 0.4) is 0 Å². The lowest BCUT2D eigenvalue weighted by Crippen LogP contribution is -2.35. The van der Waals surface area contributed by atoms with E-state index in [1.165, 1.54) is 0 Å². The summed E-state index contributed by atoms with van der Waals surface area (Å²) in [5.74, 6) is 1.68. The molecule has 41 heavy (non-hydrogen) atoms. The number of hydrogen-bond donors (Lipinski definition) is 0. The fraction of sp³-hybridized carbons (Fsp3) is 0.343. The standard InChI is InChI=1S/C35H38ClF2NO2/c1-8-24(4)33(31-19-12-27(20-21-35(7,37)38)22-32(31)41-9-2)39(26(6)40)34(29-15-17-30(36)18-16-29)25(5)28-13-10-23(3)11-14-28/h10-19,22,25,34H,8-9H2,1-7H3. The molecule has 0 saturated heterocycles. The van der Waals surface area contributed by atoms with Crippen molar-refractivity contribution in [3.8, 4) is 17.6 Å². The van der Waals surface area contributed by atoms with Gasteiger partial charge in [0, 0.05) is 35.9 Å². The molecular formula is C35H38ClF2NO2. The first-order chi connectivity index (χ1) is 19.4. The highest BCUT2D eigenvalue weighted by Crippen LogP contribution is 2.44. The SMILES string of the molecule is CCOc1cc(C#CC(C)(F)F)ccc1C(=C(C)CC)N(C(C)=O)C(c1ccc(Cl)cc1)C(C)c1ccc(C)cc1. The largest absolute Gasteiger partial charge is 0.493 e. The molecular weight excluding hydrogens is 540 g/mol. The third kappa shape index (κ3) is 8.21. The summed E-state index contributed by atoms with van der Waals surface area (Å²) in [6.45, 7) is 12.7. The summed E-state index contributed by atoms with van der Waals surface area (Å²) in [7, 11) is 0. The summed E-state index contributed by atoms with van der Waals surface area (Å²) < 4.78 is 32.9. The molecule has 0 radical (unpaired) electrons. The molecule has 0 aliphatic rings. The summed E-state index contributed by atoms with van der Waals surface area (Å²) in [4.78, 5) is 15.6. The van der Waals surface area contributed by atoms with Crippen LogP contribution < -0.4 is 4.74 Å². The Hall–Kier alpha value is -3.62. The lowest BCUT2D eigenvalue weighted by atomic mass is 9.85. The molecule has 3 aromatic rings. The van der Waals surface area contributed by atoms with E-state index in [-0.39, 0.29) is 17.9 Å². The molecule has 0 bridgehead atoms. The van der Waals surface area contributed by atoms with Crippen molar-refractivity contribution in [1.82, 2.24) is 4.90 Å². The van der Waals surface area contributed by atoms with Gasteiger partial charge in [0.25, 0.3) is 0 Å². The molecule has 216 valence electrons. The summed E-state index contributed by atoms with van der Waals surface area (Å²) >= 11 is 6.26. The summed E-state index contributed by atoms with van der Waals surface area (Å²) in [5.41, 5.74) is 5.99. The lowest BCUT2D eigenvalue weighted by Gasteiger charge is -2.39. The molecule has 2 unspecified atom stereocenters. The quantitative estimate of drug-likeness (QED) is 0.237. The van der Waals surface area contributed by atoms with Gasteiger partial charge in [-0.15, -0.1) is 0 Å². The van der Waals surface area contributed by atoms with Gasteiger partial charge in [-0.2, -0.15) is 8.78 Å². The summed E-state index contributed by atoms with van der Waals surface area (Å²) in [6, 6.07) is 20.7. The number of aryl methyl sites for hydroxylation is 1. The van der Waals surface area contributed by atoms with Gasteiger partial charge in [-0.3, -0.25) is 4.79 Å². The normalized spacial score (nSPS) is 13.4. The Morgan fingerprint density at radius 2 is 1.61 bits per heavy atom. The Kier molecular flexibility index (Phi) is 10.8. The second-order valence-electron chi connectivity index (χ2n) is 10.3. The Bertz CT molecular complexity index is 1440. The number of amides is 1. The van der Waals surface area contributed by atoms with Crippen molar-refractivity contribution >= 4 is 23.2 Å². The zero-order valence-corrected chi connectivity index (χ0v) is 25.6. The van der Waals surface area contributed by atoms with E-state index in [1.807, 2.05) is 68.8 Å². The average molecular weight is 578 g/mol. The van der Waals surface area contributed by atoms with Gasteiger partial charge in [0.05, 0.1) is 18.3 Å². The van der Waals surface area contributed by atoms with Crippen molar-refractivity contribution in [2.45, 2.75) is 72.8 Å². The highest BCUT2D eigenvalue weighted by atomic mass is 35.5. The Labute approximate surface area is 248 Å². The minimum absolute atomic E-state index is 0.0900. The predicted molar refractivity (Wildman–Crippen MR) is 164 cm³/mol. The van der Waals surface area contributed by atoms with Crippen LogP contribution in [-0.2, 0) is 4.79 Å². The fourth-order valence-corrected chi connectivity index (χ4v) is 4.98. The molecule has 0 N–H and O–H groups in total. The van der Waals surface area contributed by atoms with Gasteiger partial charge in [-0.1, -0.05) is 73.3 Å². The second-order valence-corrected chi connectivity index (χ2v) is 10.8. The third-order valence-electron chi connectivity index (χ3n) is 7.04. The molecule has 1 amide bonds. The molecule has 0 fully saturated rings. The number of allylic oxidation sites excluding steroid dienone is 1. The third-order valence-corrected chi connectivity index (χ3v) is 7.30. The Morgan fingerprint density at radius 3 is 2.15 bits per heavy atom. The van der Waals surface area contributed by atoms with Crippen molar-refractivity contribution in [2.24, 2.45) is 0 Å². The van der Waals surface area contributed by atoms with Crippen molar-refractivity contribution < 1.29 is 18.3 Å². The molecule has 0 spiro atoms. The molecule has 3 aromatic carbocycles. The number of halogens is 3. The van der Waals surface area contributed by atoms with Crippen LogP contribution in [0.25, 0.3) is 5.70 Å². The van der Waals surface area contributed by atoms with E-state index in [2.05, 4.69) is 37.1 Å². The van der Waals surface area contributed by atoms with Crippen LogP contribution in [0.4, 0.5) is 8.78 Å². The molecule has 0 saturated carbocycles. The average Bonchev–Trinajstić information content (AvgIpc) is 2.92. The van der Waals surface area contributed by atoms with Crippen LogP contribution in [0.1, 0.15) is 87.7 Å². The lowest BCUT2D eigenvalue weighted by molar-refractivity contribution is -0.127. The molecule has 6 heteroatoms. The molecule has 0 aromatic heterocycles. The minimum Gasteiger partial charge on any atom is -0.493 e. The zero-order valence-electron chi connectivity index (χ0n) is 24.8.